The van der Waals surface area contributed by atoms with Gasteiger partial charge in [-0.25, -0.2) is 4.98 Å². The maximum atomic E-state index is 5.82. The van der Waals surface area contributed by atoms with Crippen LogP contribution >= 0.6 is 11.3 Å². The predicted octanol–water partition coefficient (Wildman–Crippen LogP) is 4.04. The fourth-order valence-corrected chi connectivity index (χ4v) is 3.24. The quantitative estimate of drug-likeness (QED) is 0.732. The largest absolute Gasteiger partial charge is 0.369 e. The van der Waals surface area contributed by atoms with Crippen molar-refractivity contribution in [1.82, 2.24) is 10.3 Å². The fraction of sp³-hybridized carbons (Fsp3) is 0.800. The zero-order valence-electron chi connectivity index (χ0n) is 13.2. The Morgan fingerprint density at radius 1 is 1.32 bits per heavy atom. The molecule has 4 heteroatoms. The van der Waals surface area contributed by atoms with Crippen molar-refractivity contribution in [3.63, 3.8) is 0 Å². The van der Waals surface area contributed by atoms with E-state index in [0.29, 0.717) is 12.5 Å². The Hall–Kier alpha value is -0.450. The van der Waals surface area contributed by atoms with Gasteiger partial charge in [-0.3, -0.25) is 0 Å². The van der Waals surface area contributed by atoms with Crippen LogP contribution in [0.3, 0.4) is 0 Å². The number of nitrogens with zero attached hydrogens (tertiary/aromatic N) is 1. The van der Waals surface area contributed by atoms with Crippen molar-refractivity contribution in [1.29, 1.82) is 0 Å². The van der Waals surface area contributed by atoms with Crippen LogP contribution < -0.4 is 5.32 Å². The normalized spacial score (nSPS) is 12.4. The van der Waals surface area contributed by atoms with Gasteiger partial charge in [0.25, 0.3) is 0 Å². The lowest BCUT2D eigenvalue weighted by Gasteiger charge is -2.21. The Kier molecular flexibility index (Phi) is 6.43. The molecular weight excluding hydrogens is 256 g/mol. The topological polar surface area (TPSA) is 34.1 Å². The molecule has 0 aliphatic heterocycles. The molecule has 0 radical (unpaired) electrons. The van der Waals surface area contributed by atoms with E-state index in [1.54, 1.807) is 11.3 Å². The van der Waals surface area contributed by atoms with Crippen LogP contribution in [-0.4, -0.2) is 18.1 Å². The van der Waals surface area contributed by atoms with Crippen molar-refractivity contribution in [2.45, 2.75) is 66.0 Å². The maximum Gasteiger partial charge on any atom is 0.125 e. The Bertz CT molecular complexity index is 385. The summed E-state index contributed by atoms with van der Waals surface area (Å²) < 4.78 is 5.82. The lowest BCUT2D eigenvalue weighted by atomic mass is 10.1. The monoisotopic (exact) mass is 284 g/mol. The minimum absolute atomic E-state index is 0.286. The zero-order chi connectivity index (χ0) is 14.5. The van der Waals surface area contributed by atoms with E-state index < -0.39 is 0 Å². The van der Waals surface area contributed by atoms with E-state index in [-0.39, 0.29) is 5.60 Å². The summed E-state index contributed by atoms with van der Waals surface area (Å²) in [5.74, 6) is 0.459. The average Bonchev–Trinajstić information content (AvgIpc) is 2.74. The first-order chi connectivity index (χ1) is 8.92. The molecule has 0 saturated heterocycles. The predicted molar refractivity (Wildman–Crippen MR) is 82.9 cm³/mol. The first kappa shape index (κ1) is 16.6. The SMILES string of the molecule is CCCNCc1sc(C(C)(C)OCC)nc1C(C)C. The summed E-state index contributed by atoms with van der Waals surface area (Å²) in [5.41, 5.74) is 0.933. The summed E-state index contributed by atoms with van der Waals surface area (Å²) in [6, 6.07) is 0. The Balaban J connectivity index is 2.93. The van der Waals surface area contributed by atoms with E-state index in [1.807, 2.05) is 6.92 Å². The number of hydrogen-bond acceptors (Lipinski definition) is 4. The average molecular weight is 284 g/mol. The van der Waals surface area contributed by atoms with Gasteiger partial charge in [0.1, 0.15) is 10.6 Å². The highest BCUT2D eigenvalue weighted by molar-refractivity contribution is 7.11. The van der Waals surface area contributed by atoms with Crippen LogP contribution in [0.4, 0.5) is 0 Å². The minimum Gasteiger partial charge on any atom is -0.369 e. The fourth-order valence-electron chi connectivity index (χ4n) is 2.00. The third-order valence-electron chi connectivity index (χ3n) is 3.01. The van der Waals surface area contributed by atoms with Crippen LogP contribution in [0.1, 0.15) is 69.5 Å². The Morgan fingerprint density at radius 2 is 2.00 bits per heavy atom. The van der Waals surface area contributed by atoms with Crippen molar-refractivity contribution in [3.05, 3.63) is 15.6 Å². The van der Waals surface area contributed by atoms with E-state index in [1.165, 1.54) is 10.6 Å². The van der Waals surface area contributed by atoms with Crippen LogP contribution in [0.5, 0.6) is 0 Å². The molecule has 1 heterocycles. The second-order valence-corrected chi connectivity index (χ2v) is 6.69. The van der Waals surface area contributed by atoms with Gasteiger partial charge in [0, 0.05) is 18.0 Å². The van der Waals surface area contributed by atoms with E-state index in [2.05, 4.69) is 39.9 Å². The van der Waals surface area contributed by atoms with E-state index in [9.17, 15) is 0 Å². The molecule has 19 heavy (non-hydrogen) atoms. The van der Waals surface area contributed by atoms with Gasteiger partial charge in [-0.2, -0.15) is 0 Å². The van der Waals surface area contributed by atoms with Crippen LogP contribution in [-0.2, 0) is 16.9 Å². The van der Waals surface area contributed by atoms with Crippen molar-refractivity contribution >= 4 is 11.3 Å². The van der Waals surface area contributed by atoms with Crippen molar-refractivity contribution in [3.8, 4) is 0 Å². The molecule has 1 aromatic heterocycles. The van der Waals surface area contributed by atoms with Crippen LogP contribution in [0.25, 0.3) is 0 Å². The third kappa shape index (κ3) is 4.55. The van der Waals surface area contributed by atoms with E-state index in [0.717, 1.165) is 24.5 Å². The van der Waals surface area contributed by atoms with Crippen molar-refractivity contribution in [2.24, 2.45) is 0 Å². The lowest BCUT2D eigenvalue weighted by molar-refractivity contribution is -0.0142. The second kappa shape index (κ2) is 7.36. The van der Waals surface area contributed by atoms with Gasteiger partial charge in [0.05, 0.1) is 5.69 Å². The smallest absolute Gasteiger partial charge is 0.125 e. The van der Waals surface area contributed by atoms with Gasteiger partial charge in [0.2, 0.25) is 0 Å². The summed E-state index contributed by atoms with van der Waals surface area (Å²) in [7, 11) is 0. The van der Waals surface area contributed by atoms with Crippen molar-refractivity contribution < 1.29 is 4.74 Å². The molecule has 3 nitrogen and oxygen atoms in total. The number of aromatic nitrogens is 1. The summed E-state index contributed by atoms with van der Waals surface area (Å²) in [6.07, 6.45) is 1.16. The summed E-state index contributed by atoms with van der Waals surface area (Å²) >= 11 is 1.79. The number of hydrogen-bond donors (Lipinski definition) is 1. The Labute approximate surface area is 121 Å². The Morgan fingerprint density at radius 3 is 2.53 bits per heavy atom. The van der Waals surface area contributed by atoms with Gasteiger partial charge >= 0.3 is 0 Å². The molecule has 1 N–H and O–H groups in total. The summed E-state index contributed by atoms with van der Waals surface area (Å²) in [6.45, 7) is 15.5. The first-order valence-electron chi connectivity index (χ1n) is 7.27. The van der Waals surface area contributed by atoms with Crippen LogP contribution in [0, 0.1) is 0 Å². The zero-order valence-corrected chi connectivity index (χ0v) is 14.0. The molecule has 0 spiro atoms. The number of rotatable bonds is 8. The molecule has 0 saturated carbocycles. The molecule has 0 fully saturated rings. The second-order valence-electron chi connectivity index (χ2n) is 5.60. The van der Waals surface area contributed by atoms with E-state index >= 15 is 0 Å². The lowest BCUT2D eigenvalue weighted by Crippen LogP contribution is -2.21. The molecule has 1 rings (SSSR count). The van der Waals surface area contributed by atoms with Crippen molar-refractivity contribution in [2.75, 3.05) is 13.2 Å². The van der Waals surface area contributed by atoms with Gasteiger partial charge in [-0.1, -0.05) is 20.8 Å². The minimum atomic E-state index is -0.286. The standard InChI is InChI=1S/C15H28N2OS/c1-7-9-16-10-12-13(11(3)4)17-14(19-12)15(5,6)18-8-2/h11,16H,7-10H2,1-6H3. The van der Waals surface area contributed by atoms with Crippen LogP contribution in [0.2, 0.25) is 0 Å². The maximum absolute atomic E-state index is 5.82. The highest BCUT2D eigenvalue weighted by Gasteiger charge is 2.27. The molecule has 0 aliphatic carbocycles. The molecule has 0 unspecified atom stereocenters. The molecule has 0 atom stereocenters. The molecule has 0 amide bonds. The summed E-state index contributed by atoms with van der Waals surface area (Å²) in [5, 5.41) is 4.56. The molecular formula is C15H28N2OS. The summed E-state index contributed by atoms with van der Waals surface area (Å²) in [4.78, 5) is 6.19. The van der Waals surface area contributed by atoms with E-state index in [4.69, 9.17) is 9.72 Å². The third-order valence-corrected chi connectivity index (χ3v) is 4.38. The number of nitrogens with one attached hydrogen (secondary N) is 1. The molecule has 1 aromatic rings. The van der Waals surface area contributed by atoms with Gasteiger partial charge in [-0.05, 0) is 39.7 Å². The van der Waals surface area contributed by atoms with Crippen LogP contribution in [0.15, 0.2) is 0 Å². The molecule has 110 valence electrons. The van der Waals surface area contributed by atoms with Gasteiger partial charge in [-0.15, -0.1) is 11.3 Å². The number of thiazole rings is 1. The first-order valence-corrected chi connectivity index (χ1v) is 8.08. The van der Waals surface area contributed by atoms with Gasteiger partial charge < -0.3 is 10.1 Å². The van der Waals surface area contributed by atoms with Gasteiger partial charge in [0.15, 0.2) is 0 Å². The number of ether oxygens (including phenoxy) is 1. The molecule has 0 aliphatic rings. The highest BCUT2D eigenvalue weighted by Crippen LogP contribution is 2.33. The molecule has 0 bridgehead atoms. The highest BCUT2D eigenvalue weighted by atomic mass is 32.1. The molecule has 0 aromatic carbocycles.